The Kier molecular flexibility index (Phi) is 5.11. The lowest BCUT2D eigenvalue weighted by Crippen LogP contribution is -2.41. The summed E-state index contributed by atoms with van der Waals surface area (Å²) in [6.07, 6.45) is 3.49. The van der Waals surface area contributed by atoms with Crippen molar-refractivity contribution in [2.24, 2.45) is 5.92 Å². The number of aromatic amines is 1. The van der Waals surface area contributed by atoms with E-state index in [9.17, 15) is 9.59 Å². The first-order valence-corrected chi connectivity index (χ1v) is 8.54. The second kappa shape index (κ2) is 7.46. The highest BCUT2D eigenvalue weighted by molar-refractivity contribution is 5.94. The minimum absolute atomic E-state index is 0.0694. The smallest absolute Gasteiger partial charge is 0.252 e. The van der Waals surface area contributed by atoms with Crippen LogP contribution in [-0.4, -0.2) is 40.5 Å². The van der Waals surface area contributed by atoms with Crippen molar-refractivity contribution in [1.29, 1.82) is 0 Å². The van der Waals surface area contributed by atoms with Crippen molar-refractivity contribution in [1.82, 2.24) is 20.3 Å². The molecular weight excluding hydrogens is 318 g/mol. The molecule has 1 aliphatic heterocycles. The molecule has 0 bridgehead atoms. The van der Waals surface area contributed by atoms with Gasteiger partial charge in [-0.1, -0.05) is 0 Å². The van der Waals surface area contributed by atoms with Crippen molar-refractivity contribution in [3.8, 4) is 0 Å². The van der Waals surface area contributed by atoms with Crippen molar-refractivity contribution in [2.45, 2.75) is 26.7 Å². The number of hydrogen-bond donors (Lipinski definition) is 2. The monoisotopic (exact) mass is 341 g/mol. The zero-order valence-electron chi connectivity index (χ0n) is 14.6. The first kappa shape index (κ1) is 17.1. The van der Waals surface area contributed by atoms with Gasteiger partial charge in [0.25, 0.3) is 11.5 Å². The van der Waals surface area contributed by atoms with Gasteiger partial charge in [-0.15, -0.1) is 0 Å². The van der Waals surface area contributed by atoms with E-state index in [1.807, 2.05) is 13.8 Å². The third-order valence-electron chi connectivity index (χ3n) is 4.40. The summed E-state index contributed by atoms with van der Waals surface area (Å²) in [5.41, 5.74) is 2.18. The summed E-state index contributed by atoms with van der Waals surface area (Å²) in [6, 6.07) is 5.12. The Balaban J connectivity index is 1.59. The van der Waals surface area contributed by atoms with Crippen LogP contribution in [0.4, 0.5) is 5.82 Å². The van der Waals surface area contributed by atoms with Crippen molar-refractivity contribution < 1.29 is 4.79 Å². The number of anilines is 1. The van der Waals surface area contributed by atoms with Crippen LogP contribution in [0.1, 0.15) is 34.6 Å². The third-order valence-corrected chi connectivity index (χ3v) is 4.40. The lowest BCUT2D eigenvalue weighted by Gasteiger charge is -2.33. The first-order chi connectivity index (χ1) is 12.0. The predicted molar refractivity (Wildman–Crippen MR) is 95.8 cm³/mol. The zero-order chi connectivity index (χ0) is 17.8. The Morgan fingerprint density at radius 3 is 2.80 bits per heavy atom. The Bertz CT molecular complexity index is 797. The van der Waals surface area contributed by atoms with Crippen LogP contribution >= 0.6 is 0 Å². The molecule has 0 radical (unpaired) electrons. The SMILES string of the molecule is Cc1cc(C(=O)NC[C@H]2CCCN(c3cc(=O)[nH]cn3)C2)cc(C)n1. The molecule has 25 heavy (non-hydrogen) atoms. The molecule has 0 aliphatic carbocycles. The van der Waals surface area contributed by atoms with Crippen molar-refractivity contribution in [2.75, 3.05) is 24.5 Å². The van der Waals surface area contributed by atoms with Gasteiger partial charge < -0.3 is 15.2 Å². The highest BCUT2D eigenvalue weighted by Gasteiger charge is 2.22. The second-order valence-corrected chi connectivity index (χ2v) is 6.57. The number of carbonyl (C=O) groups excluding carboxylic acids is 1. The van der Waals surface area contributed by atoms with Crippen LogP contribution in [0.2, 0.25) is 0 Å². The number of piperidine rings is 1. The molecule has 2 aromatic heterocycles. The zero-order valence-corrected chi connectivity index (χ0v) is 14.6. The van der Waals surface area contributed by atoms with E-state index in [2.05, 4.69) is 25.2 Å². The molecule has 2 N–H and O–H groups in total. The normalized spacial score (nSPS) is 17.4. The highest BCUT2D eigenvalue weighted by atomic mass is 16.1. The van der Waals surface area contributed by atoms with Crippen LogP contribution in [0.3, 0.4) is 0 Å². The maximum atomic E-state index is 12.4. The number of aromatic nitrogens is 3. The summed E-state index contributed by atoms with van der Waals surface area (Å²) in [4.78, 5) is 37.0. The number of carbonyl (C=O) groups is 1. The fourth-order valence-corrected chi connectivity index (χ4v) is 3.28. The second-order valence-electron chi connectivity index (χ2n) is 6.57. The van der Waals surface area contributed by atoms with Crippen LogP contribution in [0.15, 0.2) is 29.3 Å². The van der Waals surface area contributed by atoms with Gasteiger partial charge in [0.1, 0.15) is 5.82 Å². The summed E-state index contributed by atoms with van der Waals surface area (Å²) in [5.74, 6) is 0.961. The van der Waals surface area contributed by atoms with Crippen LogP contribution < -0.4 is 15.8 Å². The van der Waals surface area contributed by atoms with E-state index in [0.717, 1.165) is 37.3 Å². The molecule has 1 amide bonds. The maximum absolute atomic E-state index is 12.4. The van der Waals surface area contributed by atoms with E-state index < -0.39 is 0 Å². The van der Waals surface area contributed by atoms with E-state index in [-0.39, 0.29) is 11.5 Å². The number of nitrogens with zero attached hydrogens (tertiary/aromatic N) is 3. The summed E-state index contributed by atoms with van der Waals surface area (Å²) < 4.78 is 0. The molecular formula is C18H23N5O2. The number of aryl methyl sites for hydroxylation is 2. The molecule has 132 valence electrons. The standard InChI is InChI=1S/C18H23N5O2/c1-12-6-15(7-13(2)22-12)18(25)19-9-14-4-3-5-23(10-14)16-8-17(24)21-11-20-16/h6-8,11,14H,3-5,9-10H2,1-2H3,(H,19,25)(H,20,21,24)/t14-/m1/s1. The lowest BCUT2D eigenvalue weighted by atomic mass is 9.98. The molecule has 2 aromatic rings. The topological polar surface area (TPSA) is 91.0 Å². The molecule has 7 heteroatoms. The Labute approximate surface area is 146 Å². The van der Waals surface area contributed by atoms with E-state index >= 15 is 0 Å². The molecule has 3 rings (SSSR count). The van der Waals surface area contributed by atoms with Gasteiger partial charge >= 0.3 is 0 Å². The van der Waals surface area contributed by atoms with Gasteiger partial charge in [0.05, 0.1) is 6.33 Å². The average Bonchev–Trinajstić information content (AvgIpc) is 2.59. The average molecular weight is 341 g/mol. The molecule has 7 nitrogen and oxygen atoms in total. The van der Waals surface area contributed by atoms with Crippen molar-refractivity contribution in [3.05, 3.63) is 51.8 Å². The summed E-state index contributed by atoms with van der Waals surface area (Å²) >= 11 is 0. The predicted octanol–water partition coefficient (Wildman–Crippen LogP) is 1.43. The number of amides is 1. The summed E-state index contributed by atoms with van der Waals surface area (Å²) in [7, 11) is 0. The maximum Gasteiger partial charge on any atom is 0.252 e. The van der Waals surface area contributed by atoms with Gasteiger partial charge in [-0.05, 0) is 44.7 Å². The Morgan fingerprint density at radius 2 is 2.08 bits per heavy atom. The molecule has 0 saturated carbocycles. The van der Waals surface area contributed by atoms with Gasteiger partial charge in [0.15, 0.2) is 0 Å². The first-order valence-electron chi connectivity index (χ1n) is 8.54. The van der Waals surface area contributed by atoms with E-state index in [4.69, 9.17) is 0 Å². The molecule has 1 saturated heterocycles. The van der Waals surface area contributed by atoms with E-state index in [1.54, 1.807) is 12.1 Å². The van der Waals surface area contributed by atoms with E-state index in [0.29, 0.717) is 23.8 Å². The number of hydrogen-bond acceptors (Lipinski definition) is 5. The molecule has 0 aromatic carbocycles. The highest BCUT2D eigenvalue weighted by Crippen LogP contribution is 2.20. The largest absolute Gasteiger partial charge is 0.356 e. The fourth-order valence-electron chi connectivity index (χ4n) is 3.28. The lowest BCUT2D eigenvalue weighted by molar-refractivity contribution is 0.0945. The fraction of sp³-hybridized carbons (Fsp3) is 0.444. The molecule has 1 fully saturated rings. The summed E-state index contributed by atoms with van der Waals surface area (Å²) in [5, 5.41) is 3.02. The van der Waals surface area contributed by atoms with Crippen molar-refractivity contribution in [3.63, 3.8) is 0 Å². The number of H-pyrrole nitrogens is 1. The third kappa shape index (κ3) is 4.43. The van der Waals surface area contributed by atoms with Crippen LogP contribution in [0.25, 0.3) is 0 Å². The molecule has 1 aliphatic rings. The molecule has 1 atom stereocenters. The summed E-state index contributed by atoms with van der Waals surface area (Å²) in [6.45, 7) is 6.04. The number of pyridine rings is 1. The molecule has 0 unspecified atom stereocenters. The van der Waals surface area contributed by atoms with Crippen molar-refractivity contribution >= 4 is 11.7 Å². The van der Waals surface area contributed by atoms with Gasteiger partial charge in [0.2, 0.25) is 0 Å². The van der Waals surface area contributed by atoms with Gasteiger partial charge in [0, 0.05) is 42.7 Å². The quantitative estimate of drug-likeness (QED) is 0.878. The minimum atomic E-state index is -0.149. The Hall–Kier alpha value is -2.70. The van der Waals surface area contributed by atoms with Crippen LogP contribution in [0.5, 0.6) is 0 Å². The van der Waals surface area contributed by atoms with Gasteiger partial charge in [-0.25, -0.2) is 4.98 Å². The van der Waals surface area contributed by atoms with Gasteiger partial charge in [-0.2, -0.15) is 0 Å². The minimum Gasteiger partial charge on any atom is -0.356 e. The number of rotatable bonds is 4. The van der Waals surface area contributed by atoms with Gasteiger partial charge in [-0.3, -0.25) is 14.6 Å². The van der Waals surface area contributed by atoms with Crippen LogP contribution in [0, 0.1) is 19.8 Å². The molecule has 3 heterocycles. The number of nitrogens with one attached hydrogen (secondary N) is 2. The Morgan fingerprint density at radius 1 is 1.32 bits per heavy atom. The molecule has 0 spiro atoms. The van der Waals surface area contributed by atoms with Crippen LogP contribution in [-0.2, 0) is 0 Å². The van der Waals surface area contributed by atoms with E-state index in [1.165, 1.54) is 12.4 Å².